The van der Waals surface area contributed by atoms with Crippen LogP contribution in [-0.4, -0.2) is 40.4 Å². The second-order valence-electron chi connectivity index (χ2n) is 8.21. The number of hydrogen-bond donors (Lipinski definition) is 3. The Kier molecular flexibility index (Phi) is 6.25. The monoisotopic (exact) mass is 395 g/mol. The highest BCUT2D eigenvalue weighted by molar-refractivity contribution is 6.10. The molecule has 0 bridgehead atoms. The van der Waals surface area contributed by atoms with Crippen molar-refractivity contribution in [3.63, 3.8) is 0 Å². The number of β-amino-alcohol motifs (C(OH)–C–C–N with tert-alkyl or cyclic N) is 1. The molecule has 0 radical (unpaired) electrons. The summed E-state index contributed by atoms with van der Waals surface area (Å²) in [7, 11) is 1.97. The van der Waals surface area contributed by atoms with Crippen molar-refractivity contribution >= 4 is 22.5 Å². The van der Waals surface area contributed by atoms with E-state index >= 15 is 0 Å². The first kappa shape index (κ1) is 20.9. The molecule has 1 amide bonds. The van der Waals surface area contributed by atoms with Crippen molar-refractivity contribution in [2.75, 3.05) is 18.5 Å². The molecule has 1 heterocycles. The minimum Gasteiger partial charge on any atom is -0.490 e. The molecule has 1 atom stereocenters. The molecule has 0 spiro atoms. The topological polar surface area (TPSA) is 75.5 Å². The highest BCUT2D eigenvalue weighted by atomic mass is 16.5. The third-order valence-electron chi connectivity index (χ3n) is 4.61. The molecule has 0 aliphatic rings. The predicted molar refractivity (Wildman–Crippen MR) is 117 cm³/mol. The van der Waals surface area contributed by atoms with E-state index in [2.05, 4.69) is 10.6 Å². The van der Waals surface area contributed by atoms with E-state index in [4.69, 9.17) is 4.74 Å². The van der Waals surface area contributed by atoms with Gasteiger partial charge in [0.2, 0.25) is 0 Å². The highest BCUT2D eigenvalue weighted by Gasteiger charge is 2.16. The van der Waals surface area contributed by atoms with E-state index in [0.29, 0.717) is 17.9 Å². The summed E-state index contributed by atoms with van der Waals surface area (Å²) in [5, 5.41) is 17.4. The van der Waals surface area contributed by atoms with Gasteiger partial charge in [-0.05, 0) is 51.1 Å². The molecular weight excluding hydrogens is 366 g/mol. The van der Waals surface area contributed by atoms with E-state index in [-0.39, 0.29) is 18.1 Å². The van der Waals surface area contributed by atoms with Gasteiger partial charge in [-0.15, -0.1) is 0 Å². The summed E-state index contributed by atoms with van der Waals surface area (Å²) in [5.74, 6) is 0.194. The molecule has 1 unspecified atom stereocenters. The third kappa shape index (κ3) is 5.37. The number of nitrogens with one attached hydrogen (secondary N) is 2. The molecule has 6 heteroatoms. The van der Waals surface area contributed by atoms with E-state index < -0.39 is 6.10 Å². The standard InChI is InChI=1S/C23H29N3O3/c1-23(2,3)24-14-16(27)15-29-21-11-6-5-8-18(21)22(28)25-19-9-7-10-20-17(19)12-13-26(20)4/h5-13,16,24,27H,14-15H2,1-4H3,(H,25,28). The van der Waals surface area contributed by atoms with Gasteiger partial charge in [0.15, 0.2) is 0 Å². The van der Waals surface area contributed by atoms with Crippen LogP contribution in [0.25, 0.3) is 10.9 Å². The number of nitrogens with zero attached hydrogens (tertiary/aromatic N) is 1. The smallest absolute Gasteiger partial charge is 0.259 e. The number of rotatable bonds is 7. The van der Waals surface area contributed by atoms with Crippen molar-refractivity contribution < 1.29 is 14.6 Å². The van der Waals surface area contributed by atoms with Gasteiger partial charge in [-0.3, -0.25) is 4.79 Å². The van der Waals surface area contributed by atoms with Crippen LogP contribution in [0.3, 0.4) is 0 Å². The second kappa shape index (κ2) is 8.68. The lowest BCUT2D eigenvalue weighted by atomic mass is 10.1. The second-order valence-corrected chi connectivity index (χ2v) is 8.21. The molecule has 0 aliphatic carbocycles. The fraction of sp³-hybridized carbons (Fsp3) is 0.348. The van der Waals surface area contributed by atoms with Crippen LogP contribution in [0, 0.1) is 0 Å². The third-order valence-corrected chi connectivity index (χ3v) is 4.61. The summed E-state index contributed by atoms with van der Waals surface area (Å²) in [6, 6.07) is 14.8. The number of carbonyl (C=O) groups is 1. The van der Waals surface area contributed by atoms with Gasteiger partial charge >= 0.3 is 0 Å². The van der Waals surface area contributed by atoms with Crippen molar-refractivity contribution in [2.24, 2.45) is 7.05 Å². The summed E-state index contributed by atoms with van der Waals surface area (Å²) in [5.41, 5.74) is 2.13. The number of aromatic nitrogens is 1. The van der Waals surface area contributed by atoms with Crippen LogP contribution in [0.1, 0.15) is 31.1 Å². The lowest BCUT2D eigenvalue weighted by Crippen LogP contribution is -2.42. The zero-order valence-electron chi connectivity index (χ0n) is 17.4. The number of aliphatic hydroxyl groups is 1. The highest BCUT2D eigenvalue weighted by Crippen LogP contribution is 2.26. The predicted octanol–water partition coefficient (Wildman–Crippen LogP) is 3.56. The van der Waals surface area contributed by atoms with E-state index in [1.165, 1.54) is 0 Å². The molecule has 6 nitrogen and oxygen atoms in total. The number of para-hydroxylation sites is 1. The normalized spacial score (nSPS) is 12.7. The molecule has 0 saturated carbocycles. The quantitative estimate of drug-likeness (QED) is 0.572. The summed E-state index contributed by atoms with van der Waals surface area (Å²) in [4.78, 5) is 12.9. The number of ether oxygens (including phenoxy) is 1. The van der Waals surface area contributed by atoms with Crippen LogP contribution < -0.4 is 15.4 Å². The maximum Gasteiger partial charge on any atom is 0.259 e. The minimum absolute atomic E-state index is 0.0861. The molecule has 1 aromatic heterocycles. The number of hydrogen-bond acceptors (Lipinski definition) is 4. The average molecular weight is 396 g/mol. The van der Waals surface area contributed by atoms with Crippen molar-refractivity contribution in [3.8, 4) is 5.75 Å². The number of benzene rings is 2. The van der Waals surface area contributed by atoms with Gasteiger partial charge in [0, 0.05) is 36.2 Å². The molecule has 3 aromatic rings. The first-order valence-corrected chi connectivity index (χ1v) is 9.75. The number of aliphatic hydroxyl groups excluding tert-OH is 1. The lowest BCUT2D eigenvalue weighted by Gasteiger charge is -2.23. The Hall–Kier alpha value is -2.83. The summed E-state index contributed by atoms with van der Waals surface area (Å²) >= 11 is 0. The maximum absolute atomic E-state index is 12.9. The van der Waals surface area contributed by atoms with Crippen LogP contribution in [0.15, 0.2) is 54.7 Å². The Morgan fingerprint density at radius 2 is 1.90 bits per heavy atom. The molecule has 154 valence electrons. The zero-order valence-corrected chi connectivity index (χ0v) is 17.4. The van der Waals surface area contributed by atoms with Crippen molar-refractivity contribution in [1.29, 1.82) is 0 Å². The molecule has 3 rings (SSSR count). The first-order valence-electron chi connectivity index (χ1n) is 9.75. The number of carbonyl (C=O) groups excluding carboxylic acids is 1. The van der Waals surface area contributed by atoms with Crippen molar-refractivity contribution in [3.05, 3.63) is 60.3 Å². The van der Waals surface area contributed by atoms with Crippen LogP contribution in [0.4, 0.5) is 5.69 Å². The lowest BCUT2D eigenvalue weighted by molar-refractivity contribution is 0.0954. The van der Waals surface area contributed by atoms with Gasteiger partial charge in [-0.25, -0.2) is 0 Å². The number of anilines is 1. The fourth-order valence-corrected chi connectivity index (χ4v) is 3.05. The van der Waals surface area contributed by atoms with Gasteiger partial charge < -0.3 is 25.0 Å². The fourth-order valence-electron chi connectivity index (χ4n) is 3.05. The summed E-state index contributed by atoms with van der Waals surface area (Å²) < 4.78 is 7.77. The number of fused-ring (bicyclic) bond motifs is 1. The summed E-state index contributed by atoms with van der Waals surface area (Å²) in [6.07, 6.45) is 1.29. The maximum atomic E-state index is 12.9. The molecular formula is C23H29N3O3. The van der Waals surface area contributed by atoms with Gasteiger partial charge in [-0.2, -0.15) is 0 Å². The van der Waals surface area contributed by atoms with Crippen molar-refractivity contribution in [2.45, 2.75) is 32.4 Å². The molecule has 29 heavy (non-hydrogen) atoms. The van der Waals surface area contributed by atoms with Gasteiger partial charge in [-0.1, -0.05) is 18.2 Å². The van der Waals surface area contributed by atoms with Crippen LogP contribution in [0.2, 0.25) is 0 Å². The van der Waals surface area contributed by atoms with E-state index in [1.54, 1.807) is 18.2 Å². The Labute approximate surface area is 171 Å². The number of amides is 1. The Bertz CT molecular complexity index is 988. The Morgan fingerprint density at radius 1 is 1.14 bits per heavy atom. The SMILES string of the molecule is Cn1ccc2c(NC(=O)c3ccccc3OCC(O)CNC(C)(C)C)cccc21. The Morgan fingerprint density at radius 3 is 2.66 bits per heavy atom. The van der Waals surface area contributed by atoms with E-state index in [1.807, 2.05) is 68.9 Å². The molecule has 3 N–H and O–H groups in total. The van der Waals surface area contributed by atoms with Gasteiger partial charge in [0.1, 0.15) is 18.5 Å². The molecule has 0 saturated heterocycles. The summed E-state index contributed by atoms with van der Waals surface area (Å²) in [6.45, 7) is 6.62. The minimum atomic E-state index is -0.677. The van der Waals surface area contributed by atoms with E-state index in [9.17, 15) is 9.90 Å². The van der Waals surface area contributed by atoms with Crippen LogP contribution in [0.5, 0.6) is 5.75 Å². The van der Waals surface area contributed by atoms with Crippen LogP contribution in [-0.2, 0) is 7.05 Å². The van der Waals surface area contributed by atoms with Gasteiger partial charge in [0.25, 0.3) is 5.91 Å². The van der Waals surface area contributed by atoms with Crippen molar-refractivity contribution in [1.82, 2.24) is 9.88 Å². The van der Waals surface area contributed by atoms with E-state index in [0.717, 1.165) is 16.6 Å². The average Bonchev–Trinajstić information content (AvgIpc) is 3.06. The zero-order chi connectivity index (χ0) is 21.0. The van der Waals surface area contributed by atoms with Crippen LogP contribution >= 0.6 is 0 Å². The molecule has 0 aliphatic heterocycles. The van der Waals surface area contributed by atoms with Gasteiger partial charge in [0.05, 0.1) is 11.3 Å². The largest absolute Gasteiger partial charge is 0.490 e. The first-order chi connectivity index (χ1) is 13.7. The molecule has 0 fully saturated rings. The Balaban J connectivity index is 1.70. The number of aryl methyl sites for hydroxylation is 1. The molecule has 2 aromatic carbocycles.